The number of hydrogen-bond donors (Lipinski definition) is 0. The lowest BCUT2D eigenvalue weighted by Crippen LogP contribution is -2.02. The van der Waals surface area contributed by atoms with Gasteiger partial charge in [-0.05, 0) is 25.5 Å². The molecule has 0 N–H and O–H groups in total. The van der Waals surface area contributed by atoms with Gasteiger partial charge in [-0.15, -0.1) is 11.8 Å². The molecular formula is C11H12S. The van der Waals surface area contributed by atoms with Crippen LogP contribution in [-0.2, 0) is 0 Å². The van der Waals surface area contributed by atoms with E-state index in [-0.39, 0.29) is 0 Å². The molecule has 1 aromatic rings. The van der Waals surface area contributed by atoms with E-state index in [0.29, 0.717) is 5.25 Å². The highest BCUT2D eigenvalue weighted by Gasteiger charge is 2.13. The summed E-state index contributed by atoms with van der Waals surface area (Å²) >= 11 is 1.95. The Morgan fingerprint density at radius 3 is 2.83 bits per heavy atom. The van der Waals surface area contributed by atoms with Crippen LogP contribution in [0.5, 0.6) is 0 Å². The molecule has 0 aliphatic carbocycles. The summed E-state index contributed by atoms with van der Waals surface area (Å²) in [6.07, 6.45) is 2.29. The molecule has 0 radical (unpaired) electrons. The van der Waals surface area contributed by atoms with E-state index in [2.05, 4.69) is 44.2 Å². The fraction of sp³-hybridized carbons (Fsp3) is 0.273. The molecule has 12 heavy (non-hydrogen) atoms. The van der Waals surface area contributed by atoms with Crippen LogP contribution in [0.3, 0.4) is 0 Å². The highest BCUT2D eigenvalue weighted by Crippen LogP contribution is 2.36. The summed E-state index contributed by atoms with van der Waals surface area (Å²) in [6, 6.07) is 8.57. The molecular weight excluding hydrogens is 164 g/mol. The highest BCUT2D eigenvalue weighted by atomic mass is 32.2. The van der Waals surface area contributed by atoms with Crippen LogP contribution in [0.15, 0.2) is 34.7 Å². The third-order valence-electron chi connectivity index (χ3n) is 2.25. The quantitative estimate of drug-likeness (QED) is 0.582. The lowest BCUT2D eigenvalue weighted by molar-refractivity contribution is 1.11. The Labute approximate surface area is 77.7 Å². The summed E-state index contributed by atoms with van der Waals surface area (Å²) in [7, 11) is 0. The van der Waals surface area contributed by atoms with Crippen molar-refractivity contribution in [1.29, 1.82) is 0 Å². The second kappa shape index (κ2) is 2.98. The third kappa shape index (κ3) is 1.29. The van der Waals surface area contributed by atoms with Crippen molar-refractivity contribution in [3.63, 3.8) is 0 Å². The van der Waals surface area contributed by atoms with Crippen LogP contribution in [0, 0.1) is 0 Å². The average Bonchev–Trinajstić information content (AvgIpc) is 2.07. The molecule has 0 aromatic heterocycles. The SMILES string of the molecule is CC1=Cc2ccccc2SC1C. The predicted molar refractivity (Wildman–Crippen MR) is 55.4 cm³/mol. The number of benzene rings is 1. The van der Waals surface area contributed by atoms with Crippen LogP contribution in [0.1, 0.15) is 19.4 Å². The smallest absolute Gasteiger partial charge is 0.0276 e. The zero-order valence-electron chi connectivity index (χ0n) is 7.37. The van der Waals surface area contributed by atoms with E-state index in [4.69, 9.17) is 0 Å². The fourth-order valence-electron chi connectivity index (χ4n) is 1.35. The highest BCUT2D eigenvalue weighted by molar-refractivity contribution is 8.00. The Morgan fingerprint density at radius 2 is 2.00 bits per heavy atom. The van der Waals surface area contributed by atoms with Gasteiger partial charge < -0.3 is 0 Å². The molecule has 1 unspecified atom stereocenters. The van der Waals surface area contributed by atoms with Crippen molar-refractivity contribution >= 4 is 17.8 Å². The van der Waals surface area contributed by atoms with Gasteiger partial charge in [-0.25, -0.2) is 0 Å². The number of thioether (sulfide) groups is 1. The minimum absolute atomic E-state index is 0.639. The van der Waals surface area contributed by atoms with Crippen LogP contribution in [0.4, 0.5) is 0 Å². The molecule has 0 fully saturated rings. The summed E-state index contributed by atoms with van der Waals surface area (Å²) < 4.78 is 0. The Balaban J connectivity index is 2.49. The van der Waals surface area contributed by atoms with E-state index in [9.17, 15) is 0 Å². The van der Waals surface area contributed by atoms with Gasteiger partial charge in [0.05, 0.1) is 0 Å². The van der Waals surface area contributed by atoms with Crippen molar-refractivity contribution in [2.45, 2.75) is 24.0 Å². The van der Waals surface area contributed by atoms with Gasteiger partial charge in [0.15, 0.2) is 0 Å². The van der Waals surface area contributed by atoms with E-state index >= 15 is 0 Å². The van der Waals surface area contributed by atoms with Crippen molar-refractivity contribution in [3.8, 4) is 0 Å². The molecule has 1 aromatic carbocycles. The van der Waals surface area contributed by atoms with Gasteiger partial charge in [0.2, 0.25) is 0 Å². The first kappa shape index (κ1) is 7.93. The Hall–Kier alpha value is -0.690. The predicted octanol–water partition coefficient (Wildman–Crippen LogP) is 3.58. The molecule has 0 nitrogen and oxygen atoms in total. The lowest BCUT2D eigenvalue weighted by Gasteiger charge is -2.19. The van der Waals surface area contributed by atoms with E-state index in [1.54, 1.807) is 0 Å². The Morgan fingerprint density at radius 1 is 1.25 bits per heavy atom. The van der Waals surface area contributed by atoms with Crippen LogP contribution < -0.4 is 0 Å². The minimum atomic E-state index is 0.639. The summed E-state index contributed by atoms with van der Waals surface area (Å²) in [4.78, 5) is 1.41. The topological polar surface area (TPSA) is 0 Å². The minimum Gasteiger partial charge on any atom is -0.118 e. The largest absolute Gasteiger partial charge is 0.118 e. The molecule has 1 atom stereocenters. The van der Waals surface area contributed by atoms with Gasteiger partial charge in [0.1, 0.15) is 0 Å². The first-order valence-corrected chi connectivity index (χ1v) is 5.09. The Bertz CT molecular complexity index is 326. The van der Waals surface area contributed by atoms with Crippen LogP contribution in [0.2, 0.25) is 0 Å². The molecule has 2 rings (SSSR count). The third-order valence-corrected chi connectivity index (χ3v) is 3.60. The molecule has 0 spiro atoms. The maximum absolute atomic E-state index is 2.29. The van der Waals surface area contributed by atoms with Gasteiger partial charge in [0.25, 0.3) is 0 Å². The lowest BCUT2D eigenvalue weighted by atomic mass is 10.1. The van der Waals surface area contributed by atoms with Gasteiger partial charge in [-0.3, -0.25) is 0 Å². The van der Waals surface area contributed by atoms with Gasteiger partial charge in [0, 0.05) is 10.1 Å². The molecule has 1 aliphatic rings. The Kier molecular flexibility index (Phi) is 1.97. The molecule has 0 saturated heterocycles. The van der Waals surface area contributed by atoms with E-state index < -0.39 is 0 Å². The van der Waals surface area contributed by atoms with Gasteiger partial charge >= 0.3 is 0 Å². The number of fused-ring (bicyclic) bond motifs is 1. The molecule has 62 valence electrons. The maximum Gasteiger partial charge on any atom is 0.0276 e. The molecule has 0 saturated carbocycles. The van der Waals surface area contributed by atoms with Crippen molar-refractivity contribution in [1.82, 2.24) is 0 Å². The normalized spacial score (nSPS) is 21.5. The summed E-state index contributed by atoms with van der Waals surface area (Å²) in [5, 5.41) is 0.639. The van der Waals surface area contributed by atoms with E-state index in [1.807, 2.05) is 11.8 Å². The second-order valence-corrected chi connectivity index (χ2v) is 4.57. The second-order valence-electron chi connectivity index (χ2n) is 3.19. The van der Waals surface area contributed by atoms with Gasteiger partial charge in [-0.1, -0.05) is 29.8 Å². The van der Waals surface area contributed by atoms with Gasteiger partial charge in [-0.2, -0.15) is 0 Å². The molecule has 1 heterocycles. The van der Waals surface area contributed by atoms with Crippen molar-refractivity contribution in [3.05, 3.63) is 35.4 Å². The summed E-state index contributed by atoms with van der Waals surface area (Å²) in [5.74, 6) is 0. The van der Waals surface area contributed by atoms with Crippen molar-refractivity contribution in [2.24, 2.45) is 0 Å². The maximum atomic E-state index is 2.29. The standard InChI is InChI=1S/C11H12S/c1-8-7-10-5-3-4-6-11(10)12-9(8)2/h3-7,9H,1-2H3. The number of rotatable bonds is 0. The van der Waals surface area contributed by atoms with Crippen LogP contribution in [0.25, 0.3) is 6.08 Å². The molecule has 1 aliphatic heterocycles. The molecule has 1 heteroatoms. The van der Waals surface area contributed by atoms with Crippen LogP contribution in [-0.4, -0.2) is 5.25 Å². The van der Waals surface area contributed by atoms with Crippen molar-refractivity contribution in [2.75, 3.05) is 0 Å². The first-order valence-electron chi connectivity index (χ1n) is 4.21. The first-order chi connectivity index (χ1) is 5.77. The fourth-order valence-corrected chi connectivity index (χ4v) is 2.41. The zero-order valence-corrected chi connectivity index (χ0v) is 8.19. The van der Waals surface area contributed by atoms with Crippen molar-refractivity contribution < 1.29 is 0 Å². The summed E-state index contributed by atoms with van der Waals surface area (Å²) in [5.41, 5.74) is 2.84. The average molecular weight is 176 g/mol. The summed E-state index contributed by atoms with van der Waals surface area (Å²) in [6.45, 7) is 4.46. The molecule has 0 bridgehead atoms. The van der Waals surface area contributed by atoms with E-state index in [0.717, 1.165) is 0 Å². The van der Waals surface area contributed by atoms with Crippen LogP contribution >= 0.6 is 11.8 Å². The monoisotopic (exact) mass is 176 g/mol. The number of hydrogen-bond acceptors (Lipinski definition) is 1. The molecule has 0 amide bonds. The zero-order chi connectivity index (χ0) is 8.55. The van der Waals surface area contributed by atoms with E-state index in [1.165, 1.54) is 16.0 Å².